The van der Waals surface area contributed by atoms with E-state index in [1.807, 2.05) is 44.2 Å². The SMILES string of the molecule is CC(C)Oc1ccc(NC(=O)CN2CCC[C@@H](c3ccn[nH]3)C2)cc1. The summed E-state index contributed by atoms with van der Waals surface area (Å²) >= 11 is 0. The fourth-order valence-corrected chi connectivity index (χ4v) is 3.24. The summed E-state index contributed by atoms with van der Waals surface area (Å²) in [6.07, 6.45) is 4.16. The maximum atomic E-state index is 12.3. The molecule has 1 saturated heterocycles. The molecule has 6 nitrogen and oxygen atoms in total. The first-order chi connectivity index (χ1) is 12.1. The maximum Gasteiger partial charge on any atom is 0.238 e. The van der Waals surface area contributed by atoms with E-state index >= 15 is 0 Å². The molecule has 0 unspecified atom stereocenters. The molecular formula is C19H26N4O2. The summed E-state index contributed by atoms with van der Waals surface area (Å²) in [6, 6.07) is 9.53. The monoisotopic (exact) mass is 342 g/mol. The van der Waals surface area contributed by atoms with Crippen molar-refractivity contribution in [3.05, 3.63) is 42.2 Å². The van der Waals surface area contributed by atoms with Crippen LogP contribution in [0, 0.1) is 0 Å². The summed E-state index contributed by atoms with van der Waals surface area (Å²) < 4.78 is 5.61. The van der Waals surface area contributed by atoms with Crippen molar-refractivity contribution in [1.29, 1.82) is 0 Å². The summed E-state index contributed by atoms with van der Waals surface area (Å²) in [4.78, 5) is 14.5. The number of carbonyl (C=O) groups is 1. The van der Waals surface area contributed by atoms with Crippen LogP contribution in [-0.2, 0) is 4.79 Å². The number of nitrogens with zero attached hydrogens (tertiary/aromatic N) is 2. The number of aromatic amines is 1. The highest BCUT2D eigenvalue weighted by molar-refractivity contribution is 5.92. The number of benzene rings is 1. The Morgan fingerprint density at radius 3 is 2.84 bits per heavy atom. The Morgan fingerprint density at radius 2 is 2.16 bits per heavy atom. The minimum absolute atomic E-state index is 0.0165. The number of nitrogens with one attached hydrogen (secondary N) is 2. The molecule has 6 heteroatoms. The predicted octanol–water partition coefficient (Wildman–Crippen LogP) is 3.02. The fourth-order valence-electron chi connectivity index (χ4n) is 3.24. The number of ether oxygens (including phenoxy) is 1. The van der Waals surface area contributed by atoms with Crippen LogP contribution in [0.15, 0.2) is 36.5 Å². The fraction of sp³-hybridized carbons (Fsp3) is 0.474. The zero-order valence-corrected chi connectivity index (χ0v) is 14.9. The zero-order chi connectivity index (χ0) is 17.6. The molecule has 1 fully saturated rings. The van der Waals surface area contributed by atoms with Gasteiger partial charge in [-0.3, -0.25) is 14.8 Å². The van der Waals surface area contributed by atoms with Gasteiger partial charge in [0, 0.05) is 30.0 Å². The van der Waals surface area contributed by atoms with Crippen molar-refractivity contribution in [3.8, 4) is 5.75 Å². The molecule has 1 aromatic carbocycles. The van der Waals surface area contributed by atoms with E-state index in [0.29, 0.717) is 12.5 Å². The van der Waals surface area contributed by atoms with Crippen LogP contribution in [0.5, 0.6) is 5.75 Å². The highest BCUT2D eigenvalue weighted by Gasteiger charge is 2.23. The van der Waals surface area contributed by atoms with Crippen molar-refractivity contribution < 1.29 is 9.53 Å². The Bertz CT molecular complexity index is 667. The number of piperidine rings is 1. The highest BCUT2D eigenvalue weighted by atomic mass is 16.5. The Balaban J connectivity index is 1.50. The number of hydrogen-bond donors (Lipinski definition) is 2. The number of H-pyrrole nitrogens is 1. The van der Waals surface area contributed by atoms with Crippen LogP contribution in [0.2, 0.25) is 0 Å². The van der Waals surface area contributed by atoms with Gasteiger partial charge in [0.15, 0.2) is 0 Å². The summed E-state index contributed by atoms with van der Waals surface area (Å²) in [5, 5.41) is 10.0. The van der Waals surface area contributed by atoms with Gasteiger partial charge in [-0.25, -0.2) is 0 Å². The first kappa shape index (κ1) is 17.5. The van der Waals surface area contributed by atoms with Gasteiger partial charge in [0.25, 0.3) is 0 Å². The van der Waals surface area contributed by atoms with Crippen molar-refractivity contribution in [2.75, 3.05) is 25.0 Å². The summed E-state index contributed by atoms with van der Waals surface area (Å²) in [7, 11) is 0. The van der Waals surface area contributed by atoms with E-state index in [0.717, 1.165) is 43.1 Å². The average Bonchev–Trinajstić information content (AvgIpc) is 3.11. The number of carbonyl (C=O) groups excluding carboxylic acids is 1. The molecule has 25 heavy (non-hydrogen) atoms. The van der Waals surface area contributed by atoms with Crippen LogP contribution < -0.4 is 10.1 Å². The van der Waals surface area contributed by atoms with Gasteiger partial charge in [0.1, 0.15) is 5.75 Å². The third-order valence-corrected chi connectivity index (χ3v) is 4.34. The molecule has 0 radical (unpaired) electrons. The van der Waals surface area contributed by atoms with Gasteiger partial charge in [-0.2, -0.15) is 5.10 Å². The Labute approximate surface area is 148 Å². The molecule has 1 aromatic heterocycles. The van der Waals surface area contributed by atoms with E-state index in [4.69, 9.17) is 4.74 Å². The van der Waals surface area contributed by atoms with Gasteiger partial charge in [-0.15, -0.1) is 0 Å². The number of hydrogen-bond acceptors (Lipinski definition) is 4. The molecule has 1 atom stereocenters. The van der Waals surface area contributed by atoms with Gasteiger partial charge in [0.2, 0.25) is 5.91 Å². The lowest BCUT2D eigenvalue weighted by molar-refractivity contribution is -0.117. The van der Waals surface area contributed by atoms with Gasteiger partial charge in [-0.1, -0.05) is 0 Å². The maximum absolute atomic E-state index is 12.3. The molecule has 2 aromatic rings. The second-order valence-electron chi connectivity index (χ2n) is 6.83. The molecule has 2 heterocycles. The molecule has 3 rings (SSSR count). The Kier molecular flexibility index (Phi) is 5.71. The van der Waals surface area contributed by atoms with E-state index in [2.05, 4.69) is 20.4 Å². The van der Waals surface area contributed by atoms with Crippen LogP contribution >= 0.6 is 0 Å². The third kappa shape index (κ3) is 5.06. The topological polar surface area (TPSA) is 70.2 Å². The lowest BCUT2D eigenvalue weighted by atomic mass is 9.95. The quantitative estimate of drug-likeness (QED) is 0.847. The van der Waals surface area contributed by atoms with Crippen LogP contribution in [0.3, 0.4) is 0 Å². The molecule has 134 valence electrons. The van der Waals surface area contributed by atoms with Gasteiger partial charge < -0.3 is 10.1 Å². The molecule has 1 aliphatic heterocycles. The van der Waals surface area contributed by atoms with Crippen molar-refractivity contribution in [3.63, 3.8) is 0 Å². The number of rotatable bonds is 6. The number of anilines is 1. The van der Waals surface area contributed by atoms with E-state index in [9.17, 15) is 4.79 Å². The third-order valence-electron chi connectivity index (χ3n) is 4.34. The predicted molar refractivity (Wildman–Crippen MR) is 97.8 cm³/mol. The molecule has 1 aliphatic rings. The Morgan fingerprint density at radius 1 is 1.36 bits per heavy atom. The van der Waals surface area contributed by atoms with Crippen molar-refractivity contribution >= 4 is 11.6 Å². The minimum atomic E-state index is 0.0165. The summed E-state index contributed by atoms with van der Waals surface area (Å²) in [6.45, 7) is 6.24. The second-order valence-corrected chi connectivity index (χ2v) is 6.83. The first-order valence-electron chi connectivity index (χ1n) is 8.88. The standard InChI is InChI=1S/C19H26N4O2/c1-14(2)25-17-7-5-16(6-8-17)21-19(24)13-23-11-3-4-15(12-23)18-9-10-20-22-18/h5-10,14-15H,3-4,11-13H2,1-2H3,(H,20,22)(H,21,24)/t15-/m1/s1. The summed E-state index contributed by atoms with van der Waals surface area (Å²) in [5.74, 6) is 1.26. The largest absolute Gasteiger partial charge is 0.491 e. The lowest BCUT2D eigenvalue weighted by Gasteiger charge is -2.31. The number of aromatic nitrogens is 2. The van der Waals surface area contributed by atoms with Crippen LogP contribution in [0.25, 0.3) is 0 Å². The van der Waals surface area contributed by atoms with Crippen molar-refractivity contribution in [2.24, 2.45) is 0 Å². The summed E-state index contributed by atoms with van der Waals surface area (Å²) in [5.41, 5.74) is 1.95. The molecule has 0 aliphatic carbocycles. The molecule has 0 saturated carbocycles. The van der Waals surface area contributed by atoms with E-state index < -0.39 is 0 Å². The van der Waals surface area contributed by atoms with Gasteiger partial charge >= 0.3 is 0 Å². The average molecular weight is 342 g/mol. The molecule has 1 amide bonds. The Hall–Kier alpha value is -2.34. The molecule has 0 spiro atoms. The molecule has 0 bridgehead atoms. The van der Waals surface area contributed by atoms with Crippen molar-refractivity contribution in [2.45, 2.75) is 38.7 Å². The van der Waals surface area contributed by atoms with Crippen LogP contribution in [-0.4, -0.2) is 46.7 Å². The molecule has 2 N–H and O–H groups in total. The van der Waals surface area contributed by atoms with Crippen molar-refractivity contribution in [1.82, 2.24) is 15.1 Å². The first-order valence-corrected chi connectivity index (χ1v) is 8.88. The second kappa shape index (κ2) is 8.16. The number of likely N-dealkylation sites (tertiary alicyclic amines) is 1. The van der Waals surface area contributed by atoms with Gasteiger partial charge in [-0.05, 0) is 63.6 Å². The molecular weight excluding hydrogens is 316 g/mol. The van der Waals surface area contributed by atoms with E-state index in [1.54, 1.807) is 6.20 Å². The minimum Gasteiger partial charge on any atom is -0.491 e. The van der Waals surface area contributed by atoms with E-state index in [-0.39, 0.29) is 12.0 Å². The van der Waals surface area contributed by atoms with E-state index in [1.165, 1.54) is 0 Å². The zero-order valence-electron chi connectivity index (χ0n) is 14.9. The highest BCUT2D eigenvalue weighted by Crippen LogP contribution is 2.25. The van der Waals surface area contributed by atoms with Crippen LogP contribution in [0.1, 0.15) is 38.3 Å². The number of amides is 1. The normalized spacial score (nSPS) is 18.3. The van der Waals surface area contributed by atoms with Gasteiger partial charge in [0.05, 0.1) is 12.6 Å². The van der Waals surface area contributed by atoms with Crippen LogP contribution in [0.4, 0.5) is 5.69 Å². The smallest absolute Gasteiger partial charge is 0.238 e. The lowest BCUT2D eigenvalue weighted by Crippen LogP contribution is -2.39.